The number of carboxylic acid groups (broad SMARTS) is 1. The van der Waals surface area contributed by atoms with Gasteiger partial charge >= 0.3 is 12.0 Å². The topological polar surface area (TPSA) is 135 Å². The number of hydrogen-bond donors (Lipinski definition) is 4. The Balaban J connectivity index is 1.70. The molecule has 1 atom stereocenters. The van der Waals surface area contributed by atoms with Crippen molar-refractivity contribution in [1.29, 1.82) is 0 Å². The number of aliphatic hydroxyl groups is 1. The maximum Gasteiger partial charge on any atom is 0.345 e. The molecule has 0 bridgehead atoms. The van der Waals surface area contributed by atoms with Crippen molar-refractivity contribution in [1.82, 2.24) is 5.01 Å². The van der Waals surface area contributed by atoms with E-state index in [1.165, 1.54) is 22.0 Å². The Hall–Kier alpha value is -3.92. The molecule has 2 aliphatic rings. The summed E-state index contributed by atoms with van der Waals surface area (Å²) in [4.78, 5) is 40.3. The summed E-state index contributed by atoms with van der Waals surface area (Å²) in [6.45, 7) is 5.39. The highest BCUT2D eigenvalue weighted by atomic mass is 16.4. The lowest BCUT2D eigenvalue weighted by molar-refractivity contribution is -0.116. The van der Waals surface area contributed by atoms with Crippen LogP contribution in [-0.4, -0.2) is 65.1 Å². The van der Waals surface area contributed by atoms with E-state index in [1.807, 2.05) is 45.0 Å². The zero-order valence-corrected chi connectivity index (χ0v) is 23.6. The summed E-state index contributed by atoms with van der Waals surface area (Å²) in [6.07, 6.45) is 4.36. The summed E-state index contributed by atoms with van der Waals surface area (Å²) in [6, 6.07) is 11.5. The standard InChI is InChI=1S/C30H39N5O5/c1-30(2,3)25(36)17-34-24-13-9-8-12-23(24)27(19-10-6-5-7-11-19)33-35(29(34)40)18-26(37)32-22-15-20(28(38)39)14-21(16-22)31-4/h8-9,12-16,19,25,31,36H,5-7,10-11,17-18H2,1-4H3,(H,32,37)(H,38,39). The molecule has 0 spiro atoms. The fourth-order valence-electron chi connectivity index (χ4n) is 5.10. The van der Waals surface area contributed by atoms with Crippen molar-refractivity contribution in [2.24, 2.45) is 16.4 Å². The van der Waals surface area contributed by atoms with Gasteiger partial charge in [0.25, 0.3) is 0 Å². The van der Waals surface area contributed by atoms with Crippen molar-refractivity contribution in [3.63, 3.8) is 0 Å². The summed E-state index contributed by atoms with van der Waals surface area (Å²) in [5, 5.41) is 32.0. The number of para-hydroxylation sites is 1. The summed E-state index contributed by atoms with van der Waals surface area (Å²) >= 11 is 0. The molecule has 1 aliphatic heterocycles. The lowest BCUT2D eigenvalue weighted by atomic mass is 9.82. The molecule has 1 saturated carbocycles. The molecule has 4 N–H and O–H groups in total. The Bertz CT molecular complexity index is 1300. The van der Waals surface area contributed by atoms with E-state index in [0.29, 0.717) is 11.4 Å². The molecule has 10 heteroatoms. The Morgan fingerprint density at radius 3 is 2.40 bits per heavy atom. The van der Waals surface area contributed by atoms with E-state index in [4.69, 9.17) is 5.10 Å². The van der Waals surface area contributed by atoms with E-state index < -0.39 is 29.4 Å². The number of hydrazone groups is 1. The van der Waals surface area contributed by atoms with E-state index in [0.717, 1.165) is 43.4 Å². The third kappa shape index (κ3) is 6.62. The van der Waals surface area contributed by atoms with Crippen LogP contribution in [0, 0.1) is 11.3 Å². The number of carboxylic acids is 1. The number of fused-ring (bicyclic) bond motifs is 1. The molecule has 0 aromatic heterocycles. The quantitative estimate of drug-likeness (QED) is 0.366. The van der Waals surface area contributed by atoms with Crippen molar-refractivity contribution < 1.29 is 24.6 Å². The molecular weight excluding hydrogens is 510 g/mol. The molecule has 1 heterocycles. The van der Waals surface area contributed by atoms with Crippen LogP contribution in [0.2, 0.25) is 0 Å². The SMILES string of the molecule is CNc1cc(NC(=O)CN2N=C(C3CCCCC3)c3ccccc3N(CC(O)C(C)(C)C)C2=O)cc(C(=O)O)c1. The van der Waals surface area contributed by atoms with Gasteiger partial charge in [-0.2, -0.15) is 5.10 Å². The molecule has 1 fully saturated rings. The second kappa shape index (κ2) is 12.1. The van der Waals surface area contributed by atoms with E-state index in [9.17, 15) is 24.6 Å². The van der Waals surface area contributed by atoms with Crippen LogP contribution in [-0.2, 0) is 4.79 Å². The van der Waals surface area contributed by atoms with Crippen molar-refractivity contribution in [2.45, 2.75) is 59.0 Å². The molecular formula is C30H39N5O5. The monoisotopic (exact) mass is 549 g/mol. The third-order valence-electron chi connectivity index (χ3n) is 7.54. The molecule has 40 heavy (non-hydrogen) atoms. The van der Waals surface area contributed by atoms with Crippen LogP contribution in [0.4, 0.5) is 21.9 Å². The number of nitrogens with one attached hydrogen (secondary N) is 2. The summed E-state index contributed by atoms with van der Waals surface area (Å²) < 4.78 is 0. The van der Waals surface area contributed by atoms with Crippen LogP contribution >= 0.6 is 0 Å². The molecule has 1 aliphatic carbocycles. The molecule has 10 nitrogen and oxygen atoms in total. The second-order valence-corrected chi connectivity index (χ2v) is 11.6. The number of carbonyl (C=O) groups excluding carboxylic acids is 2. The van der Waals surface area contributed by atoms with Crippen LogP contribution in [0.25, 0.3) is 0 Å². The lowest BCUT2D eigenvalue weighted by Gasteiger charge is -2.33. The van der Waals surface area contributed by atoms with Crippen LogP contribution < -0.4 is 15.5 Å². The van der Waals surface area contributed by atoms with Gasteiger partial charge in [-0.05, 0) is 42.5 Å². The van der Waals surface area contributed by atoms with Crippen molar-refractivity contribution in [3.05, 3.63) is 53.6 Å². The van der Waals surface area contributed by atoms with Crippen molar-refractivity contribution in [2.75, 3.05) is 35.7 Å². The predicted molar refractivity (Wildman–Crippen MR) is 156 cm³/mol. The first-order valence-corrected chi connectivity index (χ1v) is 13.8. The molecule has 0 saturated heterocycles. The van der Waals surface area contributed by atoms with Gasteiger partial charge in [-0.25, -0.2) is 14.6 Å². The van der Waals surface area contributed by atoms with Crippen LogP contribution in [0.3, 0.4) is 0 Å². The number of hydrogen-bond acceptors (Lipinski definition) is 6. The number of nitrogens with zero attached hydrogens (tertiary/aromatic N) is 3. The van der Waals surface area contributed by atoms with Gasteiger partial charge in [-0.3, -0.25) is 9.69 Å². The van der Waals surface area contributed by atoms with Gasteiger partial charge < -0.3 is 20.8 Å². The maximum atomic E-state index is 14.0. The lowest BCUT2D eigenvalue weighted by Crippen LogP contribution is -2.48. The van der Waals surface area contributed by atoms with E-state index in [2.05, 4.69) is 10.6 Å². The molecule has 2 aromatic rings. The molecule has 1 unspecified atom stereocenters. The first kappa shape index (κ1) is 29.1. The Kier molecular flexibility index (Phi) is 8.78. The second-order valence-electron chi connectivity index (χ2n) is 11.6. The molecule has 214 valence electrons. The number of urea groups is 1. The van der Waals surface area contributed by atoms with Crippen molar-refractivity contribution in [3.8, 4) is 0 Å². The summed E-state index contributed by atoms with van der Waals surface area (Å²) in [5.41, 5.74) is 2.62. The molecule has 4 rings (SSSR count). The van der Waals surface area contributed by atoms with E-state index in [1.54, 1.807) is 13.1 Å². The average molecular weight is 550 g/mol. The number of aliphatic hydroxyl groups excluding tert-OH is 1. The smallest absolute Gasteiger partial charge is 0.345 e. The number of carbonyl (C=O) groups is 3. The van der Waals surface area contributed by atoms with Crippen LogP contribution in [0.1, 0.15) is 68.8 Å². The van der Waals surface area contributed by atoms with Gasteiger partial charge in [0.05, 0.1) is 29.6 Å². The van der Waals surface area contributed by atoms with Gasteiger partial charge in [0.2, 0.25) is 5.91 Å². The minimum Gasteiger partial charge on any atom is -0.478 e. The van der Waals surface area contributed by atoms with E-state index in [-0.39, 0.29) is 30.3 Å². The summed E-state index contributed by atoms with van der Waals surface area (Å²) in [7, 11) is 1.65. The minimum atomic E-state index is -1.12. The van der Waals surface area contributed by atoms with Gasteiger partial charge in [-0.15, -0.1) is 0 Å². The fourth-order valence-corrected chi connectivity index (χ4v) is 5.10. The number of anilines is 3. The highest BCUT2D eigenvalue weighted by Gasteiger charge is 2.36. The fraction of sp³-hybridized carbons (Fsp3) is 0.467. The molecule has 2 aromatic carbocycles. The van der Waals surface area contributed by atoms with Gasteiger partial charge in [0, 0.05) is 29.9 Å². The number of aromatic carboxylic acids is 1. The number of amides is 3. The first-order valence-electron chi connectivity index (χ1n) is 13.8. The Labute approximate surface area is 235 Å². The Morgan fingerprint density at radius 1 is 1.07 bits per heavy atom. The predicted octanol–water partition coefficient (Wildman–Crippen LogP) is 5.00. The number of rotatable bonds is 8. The normalized spacial score (nSPS) is 17.0. The highest BCUT2D eigenvalue weighted by molar-refractivity contribution is 6.12. The van der Waals surface area contributed by atoms with Gasteiger partial charge in [0.1, 0.15) is 6.54 Å². The minimum absolute atomic E-state index is 0.0170. The number of β-amino-alcohol motifs (C(OH)–C–C–N with tert-alkyl or cyclic N) is 1. The van der Waals surface area contributed by atoms with Gasteiger partial charge in [-0.1, -0.05) is 58.2 Å². The largest absolute Gasteiger partial charge is 0.478 e. The third-order valence-corrected chi connectivity index (χ3v) is 7.54. The van der Waals surface area contributed by atoms with Crippen LogP contribution in [0.5, 0.6) is 0 Å². The summed E-state index contributed by atoms with van der Waals surface area (Å²) in [5.74, 6) is -1.50. The maximum absolute atomic E-state index is 14.0. The molecule has 0 radical (unpaired) electrons. The molecule has 3 amide bonds. The average Bonchev–Trinajstić information content (AvgIpc) is 3.03. The Morgan fingerprint density at radius 2 is 1.75 bits per heavy atom. The van der Waals surface area contributed by atoms with Gasteiger partial charge in [0.15, 0.2) is 0 Å². The van der Waals surface area contributed by atoms with E-state index >= 15 is 0 Å². The zero-order chi connectivity index (χ0) is 29.0. The highest BCUT2D eigenvalue weighted by Crippen LogP contribution is 2.35. The van der Waals surface area contributed by atoms with Crippen molar-refractivity contribution >= 4 is 40.7 Å². The zero-order valence-electron chi connectivity index (χ0n) is 23.6. The van der Waals surface area contributed by atoms with Crippen LogP contribution in [0.15, 0.2) is 47.6 Å². The first-order chi connectivity index (χ1) is 19.0. The number of benzene rings is 2.